The molecule has 0 aliphatic carbocycles. The molecule has 280 valence electrons. The number of nitrogens with two attached hydrogens (primary N) is 1. The van der Waals surface area contributed by atoms with Crippen LogP contribution in [0.15, 0.2) is 133 Å². The van der Waals surface area contributed by atoms with Crippen LogP contribution in [0.2, 0.25) is 0 Å². The molecule has 0 spiro atoms. The molecule has 0 bridgehead atoms. The van der Waals surface area contributed by atoms with Gasteiger partial charge in [-0.3, -0.25) is 10.1 Å². The Kier molecular flexibility index (Phi) is 13.3. The number of nitro benzene ring substituents is 1. The van der Waals surface area contributed by atoms with Crippen molar-refractivity contribution >= 4 is 11.4 Å². The Balaban J connectivity index is 0.000000241. The Morgan fingerprint density at radius 2 is 0.852 bits per heavy atom. The average Bonchev–Trinajstić information content (AvgIpc) is 3.16. The lowest BCUT2D eigenvalue weighted by Crippen LogP contribution is -2.06. The molecule has 6 aromatic carbocycles. The molecule has 0 aliphatic rings. The van der Waals surface area contributed by atoms with E-state index in [2.05, 4.69) is 134 Å². The minimum Gasteiger partial charge on any atom is -0.398 e. The van der Waals surface area contributed by atoms with Gasteiger partial charge in [-0.1, -0.05) is 177 Å². The zero-order chi connectivity index (χ0) is 38.9. The smallest absolute Gasteiger partial charge is 0.273 e. The lowest BCUT2D eigenvalue weighted by molar-refractivity contribution is -0.385. The highest BCUT2D eigenvalue weighted by atomic mass is 16.6. The monoisotopic (exact) mass is 718 g/mol. The van der Waals surface area contributed by atoms with Crippen LogP contribution in [0.1, 0.15) is 125 Å². The maximum Gasteiger partial charge on any atom is 0.273 e. The third kappa shape index (κ3) is 9.54. The standard InChI is InChI=1S/C25H27NO2.C25H29N.H2/c1-17(2)22-11-8-12-23(18(3)4)24(22)15-21-14-13-20(16-25(21)26(27)28)19-9-6-5-7-10-19;1-17(2)22-11-8-12-23(18(3)4)24(22)15-21-14-13-20(16-25(21)26)19-9-6-5-7-10-19;/h5-14,16-18H,15H2,1-4H3;5-14,16-18H,15,26H2,1-4H3;1H. The van der Waals surface area contributed by atoms with E-state index in [0.29, 0.717) is 30.1 Å². The van der Waals surface area contributed by atoms with Gasteiger partial charge in [-0.2, -0.15) is 0 Å². The molecule has 0 atom stereocenters. The van der Waals surface area contributed by atoms with E-state index in [0.717, 1.165) is 28.8 Å². The number of benzene rings is 6. The van der Waals surface area contributed by atoms with Crippen molar-refractivity contribution in [1.29, 1.82) is 0 Å². The van der Waals surface area contributed by atoms with Crippen LogP contribution < -0.4 is 5.73 Å². The fourth-order valence-corrected chi connectivity index (χ4v) is 7.46. The second-order valence-corrected chi connectivity index (χ2v) is 15.5. The molecule has 0 aliphatic heterocycles. The summed E-state index contributed by atoms with van der Waals surface area (Å²) in [4.78, 5) is 11.6. The second-order valence-electron chi connectivity index (χ2n) is 15.5. The van der Waals surface area contributed by atoms with Crippen LogP contribution in [0.25, 0.3) is 22.3 Å². The summed E-state index contributed by atoms with van der Waals surface area (Å²) in [5, 5.41) is 11.8. The molecule has 54 heavy (non-hydrogen) atoms. The van der Waals surface area contributed by atoms with Gasteiger partial charge in [0.1, 0.15) is 0 Å². The minimum absolute atomic E-state index is 0. The van der Waals surface area contributed by atoms with Gasteiger partial charge in [-0.15, -0.1) is 0 Å². The first-order valence-corrected chi connectivity index (χ1v) is 19.4. The number of nitrogens with zero attached hydrogens (tertiary/aromatic N) is 1. The van der Waals surface area contributed by atoms with Gasteiger partial charge in [0.05, 0.1) is 4.92 Å². The molecule has 0 amide bonds. The summed E-state index contributed by atoms with van der Waals surface area (Å²) in [6, 6.07) is 45.4. The van der Waals surface area contributed by atoms with Crippen molar-refractivity contribution in [2.45, 2.75) is 91.9 Å². The van der Waals surface area contributed by atoms with Crippen molar-refractivity contribution in [1.82, 2.24) is 0 Å². The molecular formula is C50H58N2O2. The molecule has 0 aromatic heterocycles. The largest absolute Gasteiger partial charge is 0.398 e. The third-order valence-corrected chi connectivity index (χ3v) is 10.4. The van der Waals surface area contributed by atoms with Gasteiger partial charge < -0.3 is 5.73 Å². The molecule has 0 radical (unpaired) electrons. The van der Waals surface area contributed by atoms with Crippen molar-refractivity contribution < 1.29 is 6.35 Å². The number of hydrogen-bond donors (Lipinski definition) is 1. The molecule has 0 saturated carbocycles. The Hall–Kier alpha value is -5.48. The Bertz CT molecular complexity index is 2120. The third-order valence-electron chi connectivity index (χ3n) is 10.4. The molecule has 0 saturated heterocycles. The summed E-state index contributed by atoms with van der Waals surface area (Å²) in [5.74, 6) is 1.76. The van der Waals surface area contributed by atoms with Crippen LogP contribution in [0, 0.1) is 10.1 Å². The van der Waals surface area contributed by atoms with E-state index in [1.807, 2.05) is 48.5 Å². The van der Waals surface area contributed by atoms with E-state index < -0.39 is 0 Å². The van der Waals surface area contributed by atoms with Gasteiger partial charge in [-0.25, -0.2) is 0 Å². The first-order chi connectivity index (χ1) is 25.8. The van der Waals surface area contributed by atoms with Crippen molar-refractivity contribution in [2.24, 2.45) is 0 Å². The summed E-state index contributed by atoms with van der Waals surface area (Å²) in [7, 11) is 0. The second kappa shape index (κ2) is 18.0. The van der Waals surface area contributed by atoms with Gasteiger partial charge in [0.15, 0.2) is 0 Å². The lowest BCUT2D eigenvalue weighted by Gasteiger charge is -2.20. The maximum atomic E-state index is 11.8. The number of nitrogen functional groups attached to an aromatic ring is 1. The number of anilines is 1. The Morgan fingerprint density at radius 3 is 1.22 bits per heavy atom. The van der Waals surface area contributed by atoms with Gasteiger partial charge in [0.25, 0.3) is 5.69 Å². The quantitative estimate of drug-likeness (QED) is 0.0823. The first kappa shape index (κ1) is 39.7. The van der Waals surface area contributed by atoms with Crippen LogP contribution in [0.4, 0.5) is 11.4 Å². The maximum absolute atomic E-state index is 11.8. The van der Waals surface area contributed by atoms with Gasteiger partial charge in [0.2, 0.25) is 0 Å². The van der Waals surface area contributed by atoms with E-state index in [1.165, 1.54) is 50.1 Å². The molecule has 4 heteroatoms. The van der Waals surface area contributed by atoms with E-state index >= 15 is 0 Å². The normalized spacial score (nSPS) is 11.3. The predicted molar refractivity (Wildman–Crippen MR) is 232 cm³/mol. The van der Waals surface area contributed by atoms with E-state index in [4.69, 9.17) is 5.73 Å². The van der Waals surface area contributed by atoms with Crippen molar-refractivity contribution in [3.05, 3.63) is 188 Å². The highest BCUT2D eigenvalue weighted by molar-refractivity contribution is 5.70. The molecule has 6 rings (SSSR count). The molecule has 6 aromatic rings. The SMILES string of the molecule is CC(C)c1cccc(C(C)C)c1Cc1ccc(-c2ccccc2)cc1N.CC(C)c1cccc(C(C)C)c1Cc1ccc(-c2ccccc2)cc1[N+](=O)[O-].[HH]. The molecule has 4 nitrogen and oxygen atoms in total. The van der Waals surface area contributed by atoms with Crippen LogP contribution in [0.3, 0.4) is 0 Å². The predicted octanol–water partition coefficient (Wildman–Crippen LogP) is 14.1. The van der Waals surface area contributed by atoms with Gasteiger partial charge in [0, 0.05) is 31.6 Å². The molecular weight excluding hydrogens is 661 g/mol. The van der Waals surface area contributed by atoms with Gasteiger partial charge >= 0.3 is 0 Å². The summed E-state index contributed by atoms with van der Waals surface area (Å²) in [5.41, 5.74) is 21.8. The van der Waals surface area contributed by atoms with E-state index in [1.54, 1.807) is 6.07 Å². The lowest BCUT2D eigenvalue weighted by atomic mass is 9.85. The summed E-state index contributed by atoms with van der Waals surface area (Å²) in [6.45, 7) is 17.8. The zero-order valence-corrected chi connectivity index (χ0v) is 33.3. The van der Waals surface area contributed by atoms with Crippen LogP contribution in [-0.2, 0) is 12.8 Å². The van der Waals surface area contributed by atoms with E-state index in [-0.39, 0.29) is 12.0 Å². The zero-order valence-electron chi connectivity index (χ0n) is 33.3. The summed E-state index contributed by atoms with van der Waals surface area (Å²) < 4.78 is 0. The summed E-state index contributed by atoms with van der Waals surface area (Å²) in [6.07, 6.45) is 1.47. The average molecular weight is 719 g/mol. The first-order valence-electron chi connectivity index (χ1n) is 19.4. The number of hydrogen-bond acceptors (Lipinski definition) is 3. The van der Waals surface area contributed by atoms with Crippen LogP contribution >= 0.6 is 0 Å². The molecule has 0 heterocycles. The summed E-state index contributed by atoms with van der Waals surface area (Å²) >= 11 is 0. The van der Waals surface area contributed by atoms with Gasteiger partial charge in [-0.05, 0) is 90.9 Å². The van der Waals surface area contributed by atoms with E-state index in [9.17, 15) is 10.1 Å². The Morgan fingerprint density at radius 1 is 0.481 bits per heavy atom. The molecule has 0 unspecified atom stereocenters. The number of nitro groups is 1. The molecule has 0 fully saturated rings. The molecule has 2 N–H and O–H groups in total. The van der Waals surface area contributed by atoms with Crippen molar-refractivity contribution in [3.63, 3.8) is 0 Å². The number of rotatable bonds is 11. The fraction of sp³-hybridized carbons (Fsp3) is 0.280. The van der Waals surface area contributed by atoms with Crippen molar-refractivity contribution in [2.75, 3.05) is 5.73 Å². The topological polar surface area (TPSA) is 69.2 Å². The Labute approximate surface area is 324 Å². The minimum atomic E-state index is -0.255. The van der Waals surface area contributed by atoms with Crippen LogP contribution in [0.5, 0.6) is 0 Å². The highest BCUT2D eigenvalue weighted by Crippen LogP contribution is 2.35. The van der Waals surface area contributed by atoms with Crippen LogP contribution in [-0.4, -0.2) is 4.92 Å². The highest BCUT2D eigenvalue weighted by Gasteiger charge is 2.21. The van der Waals surface area contributed by atoms with Crippen molar-refractivity contribution in [3.8, 4) is 22.3 Å². The fourth-order valence-electron chi connectivity index (χ4n) is 7.46.